The molecule has 7 heterocycles. The van der Waals surface area contributed by atoms with Gasteiger partial charge in [-0.15, -0.1) is 0 Å². The Morgan fingerprint density at radius 3 is 2.47 bits per heavy atom. The van der Waals surface area contributed by atoms with E-state index in [9.17, 15) is 0 Å². The van der Waals surface area contributed by atoms with Crippen molar-refractivity contribution in [3.05, 3.63) is 104 Å². The molecule has 9 aromatic rings. The second-order valence-electron chi connectivity index (χ2n) is 9.93. The van der Waals surface area contributed by atoms with E-state index in [4.69, 9.17) is 29.0 Å². The van der Waals surface area contributed by atoms with Crippen molar-refractivity contribution in [3.8, 4) is 56.8 Å². The highest BCUT2D eigenvalue weighted by Gasteiger charge is 2.32. The topological polar surface area (TPSA) is 140 Å². The van der Waals surface area contributed by atoms with E-state index < -0.39 is 0 Å². The van der Waals surface area contributed by atoms with Crippen LogP contribution in [-0.2, 0) is 0 Å². The Kier molecular flexibility index (Phi) is 4.93. The van der Waals surface area contributed by atoms with Gasteiger partial charge in [0.05, 0.1) is 39.9 Å². The molecule has 0 bridgehead atoms. The van der Waals surface area contributed by atoms with Crippen LogP contribution in [-0.4, -0.2) is 45.0 Å². The van der Waals surface area contributed by atoms with Gasteiger partial charge in [-0.1, -0.05) is 30.3 Å². The predicted molar refractivity (Wildman–Crippen MR) is 160 cm³/mol. The van der Waals surface area contributed by atoms with Gasteiger partial charge in [-0.3, -0.25) is 15.2 Å². The smallest absolute Gasteiger partial charge is 0.284 e. The molecule has 9 rings (SSSR count). The molecular formula is C32H19N9O2. The van der Waals surface area contributed by atoms with Crippen LogP contribution in [0.3, 0.4) is 0 Å². The zero-order valence-electron chi connectivity index (χ0n) is 22.3. The molecule has 204 valence electrons. The molecule has 0 aliphatic carbocycles. The molecule has 2 N–H and O–H groups in total. The number of rotatable bonds is 5. The number of aromatic amines is 2. The van der Waals surface area contributed by atoms with E-state index in [0.717, 1.165) is 33.1 Å². The minimum absolute atomic E-state index is 0.235. The van der Waals surface area contributed by atoms with Crippen LogP contribution in [0.15, 0.2) is 113 Å². The Bertz CT molecular complexity index is 2370. The maximum atomic E-state index is 6.53. The highest BCUT2D eigenvalue weighted by Crippen LogP contribution is 2.51. The summed E-state index contributed by atoms with van der Waals surface area (Å²) in [5, 5.41) is 21.6. The third kappa shape index (κ3) is 3.55. The van der Waals surface area contributed by atoms with Crippen molar-refractivity contribution in [2.45, 2.75) is 0 Å². The van der Waals surface area contributed by atoms with E-state index >= 15 is 0 Å². The number of fused-ring (bicyclic) bond motifs is 3. The predicted octanol–water partition coefficient (Wildman–Crippen LogP) is 6.79. The van der Waals surface area contributed by atoms with Crippen LogP contribution in [0, 0.1) is 0 Å². The SMILES string of the molecule is c1ccc(-c2c(-c3cc[nH]n3)c(-c3cc4ccccn4n3)c(-c3n[nH]c4ccccc34)c3nc(-c4ncco4)oc23)nc1. The quantitative estimate of drug-likeness (QED) is 0.234. The highest BCUT2D eigenvalue weighted by atomic mass is 16.4. The number of oxazole rings is 2. The standard InChI is InChI=1S/C32H19N9O2/c1-2-9-20-19(8-1)28(39-38-20)27-25(23-17-18-7-4-6-15-41(18)40-23)24(22-11-13-35-37-22)26(21-10-3-5-12-33-21)30-29(27)36-32(43-30)31-34-14-16-42-31/h1-17H,(H,35,37)(H,38,39). The summed E-state index contributed by atoms with van der Waals surface area (Å²) in [6, 6.07) is 23.7. The van der Waals surface area contributed by atoms with Gasteiger partial charge in [-0.2, -0.15) is 15.3 Å². The lowest BCUT2D eigenvalue weighted by Crippen LogP contribution is -1.99. The van der Waals surface area contributed by atoms with E-state index in [0.29, 0.717) is 39.4 Å². The van der Waals surface area contributed by atoms with Gasteiger partial charge in [0, 0.05) is 40.7 Å². The average molecular weight is 562 g/mol. The Labute approximate surface area is 241 Å². The zero-order valence-corrected chi connectivity index (χ0v) is 22.3. The van der Waals surface area contributed by atoms with Crippen molar-refractivity contribution < 1.29 is 8.83 Å². The fourth-order valence-corrected chi connectivity index (χ4v) is 5.67. The third-order valence-electron chi connectivity index (χ3n) is 7.47. The molecule has 2 aromatic carbocycles. The van der Waals surface area contributed by atoms with Crippen LogP contribution in [0.5, 0.6) is 0 Å². The molecule has 7 aromatic heterocycles. The molecule has 11 nitrogen and oxygen atoms in total. The minimum Gasteiger partial charge on any atom is -0.441 e. The monoisotopic (exact) mass is 561 g/mol. The molecule has 43 heavy (non-hydrogen) atoms. The number of H-pyrrole nitrogens is 2. The van der Waals surface area contributed by atoms with Crippen LogP contribution in [0.1, 0.15) is 0 Å². The lowest BCUT2D eigenvalue weighted by molar-refractivity contribution is 0.527. The van der Waals surface area contributed by atoms with Crippen molar-refractivity contribution in [2.75, 3.05) is 0 Å². The third-order valence-corrected chi connectivity index (χ3v) is 7.47. The van der Waals surface area contributed by atoms with Crippen LogP contribution in [0.2, 0.25) is 0 Å². The maximum absolute atomic E-state index is 6.53. The van der Waals surface area contributed by atoms with Gasteiger partial charge >= 0.3 is 0 Å². The summed E-state index contributed by atoms with van der Waals surface area (Å²) in [4.78, 5) is 14.1. The summed E-state index contributed by atoms with van der Waals surface area (Å²) >= 11 is 0. The van der Waals surface area contributed by atoms with E-state index in [2.05, 4.69) is 20.3 Å². The summed E-state index contributed by atoms with van der Waals surface area (Å²) in [7, 11) is 0. The van der Waals surface area contributed by atoms with Crippen molar-refractivity contribution in [2.24, 2.45) is 0 Å². The first-order valence-electron chi connectivity index (χ1n) is 13.5. The molecule has 0 atom stereocenters. The van der Waals surface area contributed by atoms with Crippen LogP contribution in [0.4, 0.5) is 0 Å². The number of para-hydroxylation sites is 1. The van der Waals surface area contributed by atoms with Crippen molar-refractivity contribution in [1.29, 1.82) is 0 Å². The highest BCUT2D eigenvalue weighted by molar-refractivity contribution is 6.16. The summed E-state index contributed by atoms with van der Waals surface area (Å²) < 4.78 is 14.0. The number of aromatic nitrogens is 9. The van der Waals surface area contributed by atoms with Gasteiger partial charge in [-0.05, 0) is 42.5 Å². The first-order chi connectivity index (χ1) is 21.3. The second-order valence-corrected chi connectivity index (χ2v) is 9.93. The normalized spacial score (nSPS) is 11.7. The fraction of sp³-hybridized carbons (Fsp3) is 0. The minimum atomic E-state index is 0.235. The molecule has 0 radical (unpaired) electrons. The Hall–Kier alpha value is -6.36. The van der Waals surface area contributed by atoms with E-state index in [1.807, 2.05) is 83.5 Å². The number of nitrogens with one attached hydrogen (secondary N) is 2. The first kappa shape index (κ1) is 23.4. The van der Waals surface area contributed by atoms with Gasteiger partial charge in [0.2, 0.25) is 0 Å². The summed E-state index contributed by atoms with van der Waals surface area (Å²) in [6.07, 6.45) is 8.51. The van der Waals surface area contributed by atoms with Crippen molar-refractivity contribution >= 4 is 27.5 Å². The Morgan fingerprint density at radius 1 is 0.721 bits per heavy atom. The number of hydrogen-bond donors (Lipinski definition) is 2. The molecule has 11 heteroatoms. The number of nitrogens with zero attached hydrogens (tertiary/aromatic N) is 7. The molecular weight excluding hydrogens is 542 g/mol. The van der Waals surface area contributed by atoms with Crippen LogP contribution >= 0.6 is 0 Å². The summed E-state index contributed by atoms with van der Waals surface area (Å²) in [6.45, 7) is 0. The fourth-order valence-electron chi connectivity index (χ4n) is 5.67. The van der Waals surface area contributed by atoms with Gasteiger partial charge in [0.15, 0.2) is 5.58 Å². The molecule has 0 saturated heterocycles. The Morgan fingerprint density at radius 2 is 1.63 bits per heavy atom. The van der Waals surface area contributed by atoms with Crippen LogP contribution < -0.4 is 0 Å². The van der Waals surface area contributed by atoms with Crippen molar-refractivity contribution in [3.63, 3.8) is 0 Å². The summed E-state index contributed by atoms with van der Waals surface area (Å²) in [5.41, 5.74) is 8.67. The second kappa shape index (κ2) is 9.08. The van der Waals surface area contributed by atoms with Crippen LogP contribution in [0.25, 0.3) is 84.3 Å². The zero-order chi connectivity index (χ0) is 28.3. The average Bonchev–Trinajstić information content (AvgIpc) is 3.89. The number of pyridine rings is 2. The molecule has 0 aliphatic rings. The van der Waals surface area contributed by atoms with E-state index in [1.54, 1.807) is 18.6 Å². The number of hydrogen-bond acceptors (Lipinski definition) is 8. The maximum Gasteiger partial charge on any atom is 0.284 e. The first-order valence-corrected chi connectivity index (χ1v) is 13.5. The molecule has 0 amide bonds. The van der Waals surface area contributed by atoms with Gasteiger partial charge in [0.25, 0.3) is 11.8 Å². The molecule has 0 unspecified atom stereocenters. The number of benzene rings is 2. The van der Waals surface area contributed by atoms with Gasteiger partial charge in [-0.25, -0.2) is 14.5 Å². The lowest BCUT2D eigenvalue weighted by Gasteiger charge is -2.17. The van der Waals surface area contributed by atoms with Gasteiger partial charge < -0.3 is 8.83 Å². The Balaban J connectivity index is 1.54. The van der Waals surface area contributed by atoms with E-state index in [-0.39, 0.29) is 11.8 Å². The lowest BCUT2D eigenvalue weighted by atomic mass is 9.87. The molecule has 0 spiro atoms. The molecule has 0 saturated carbocycles. The van der Waals surface area contributed by atoms with Crippen molar-refractivity contribution in [1.82, 2.24) is 45.0 Å². The summed E-state index contributed by atoms with van der Waals surface area (Å²) in [5.74, 6) is 0.495. The largest absolute Gasteiger partial charge is 0.441 e. The van der Waals surface area contributed by atoms with Gasteiger partial charge in [0.1, 0.15) is 17.5 Å². The molecule has 0 aliphatic heterocycles. The molecule has 0 fully saturated rings. The van der Waals surface area contributed by atoms with E-state index in [1.165, 1.54) is 6.26 Å².